The lowest BCUT2D eigenvalue weighted by Crippen LogP contribution is -2.35. The van der Waals surface area contributed by atoms with Gasteiger partial charge in [0.1, 0.15) is 0 Å². The Balaban J connectivity index is 2.93. The van der Waals surface area contributed by atoms with Crippen LogP contribution < -0.4 is 0 Å². The van der Waals surface area contributed by atoms with Crippen molar-refractivity contribution in [2.75, 3.05) is 13.7 Å². The summed E-state index contributed by atoms with van der Waals surface area (Å²) in [6.45, 7) is 1.40. The van der Waals surface area contributed by atoms with Gasteiger partial charge in [0.05, 0.1) is 6.61 Å². The maximum atomic E-state index is 11.9. The normalized spacial score (nSPS) is 14.3. The molecule has 0 spiro atoms. The number of aliphatic hydroxyl groups is 1. The fourth-order valence-electron chi connectivity index (χ4n) is 1.23. The first kappa shape index (κ1) is 15.2. The van der Waals surface area contributed by atoms with E-state index in [1.807, 2.05) is 0 Å². The molecule has 1 unspecified atom stereocenters. The Morgan fingerprint density at radius 3 is 2.61 bits per heavy atom. The van der Waals surface area contributed by atoms with E-state index >= 15 is 0 Å². The van der Waals surface area contributed by atoms with E-state index in [0.717, 1.165) is 9.71 Å². The van der Waals surface area contributed by atoms with E-state index in [4.69, 9.17) is 16.7 Å². The minimum Gasteiger partial charge on any atom is -0.395 e. The van der Waals surface area contributed by atoms with Crippen molar-refractivity contribution >= 4 is 27.7 Å². The Bertz CT molecular complexity index is 528. The average Bonchev–Trinajstić information content (AvgIpc) is 2.36. The quantitative estimate of drug-likeness (QED) is 0.901. The molecule has 0 aliphatic carbocycles. The number of likely N-dealkylation sites (N-methyl/N-ethyl adjacent to an activating group) is 1. The fraction of sp³-hybridized carbons (Fsp3) is 0.333. The molecule has 0 heterocycles. The molecule has 1 aromatic carbocycles. The predicted octanol–water partition coefficient (Wildman–Crippen LogP) is 1.95. The second kappa shape index (κ2) is 6.33. The fourth-order valence-corrected chi connectivity index (χ4v) is 2.51. The summed E-state index contributed by atoms with van der Waals surface area (Å²) >= 11 is 5.92. The molecule has 1 rings (SSSR count). The lowest BCUT2D eigenvalue weighted by Gasteiger charge is -2.20. The lowest BCUT2D eigenvalue weighted by molar-refractivity contribution is 0.215. The topological polar surface area (TPSA) is 57.6 Å². The van der Waals surface area contributed by atoms with Crippen molar-refractivity contribution in [2.24, 2.45) is 0 Å². The van der Waals surface area contributed by atoms with Crippen LogP contribution in [0.2, 0.25) is 5.02 Å². The van der Waals surface area contributed by atoms with Crippen LogP contribution in [0.1, 0.15) is 12.5 Å². The largest absolute Gasteiger partial charge is 0.395 e. The highest BCUT2D eigenvalue weighted by Crippen LogP contribution is 2.17. The Morgan fingerprint density at radius 2 is 2.06 bits per heavy atom. The maximum absolute atomic E-state index is 11.9. The van der Waals surface area contributed by atoms with Crippen molar-refractivity contribution in [2.45, 2.75) is 13.0 Å². The predicted molar refractivity (Wildman–Crippen MR) is 73.7 cm³/mol. The van der Waals surface area contributed by atoms with Crippen molar-refractivity contribution in [3.63, 3.8) is 0 Å². The van der Waals surface area contributed by atoms with Gasteiger partial charge in [0, 0.05) is 23.5 Å². The zero-order valence-corrected chi connectivity index (χ0v) is 11.8. The van der Waals surface area contributed by atoms with Crippen LogP contribution in [0, 0.1) is 0 Å². The number of sulfonamides is 1. The van der Waals surface area contributed by atoms with E-state index in [2.05, 4.69) is 0 Å². The van der Waals surface area contributed by atoms with Crippen molar-refractivity contribution in [3.8, 4) is 0 Å². The molecular formula is C12H16ClNO3S. The van der Waals surface area contributed by atoms with Gasteiger partial charge in [-0.1, -0.05) is 29.8 Å². The summed E-state index contributed by atoms with van der Waals surface area (Å²) in [7, 11) is -2.13. The van der Waals surface area contributed by atoms with Gasteiger partial charge in [-0.15, -0.1) is 0 Å². The van der Waals surface area contributed by atoms with Gasteiger partial charge < -0.3 is 5.11 Å². The summed E-state index contributed by atoms with van der Waals surface area (Å²) in [4.78, 5) is 0. The van der Waals surface area contributed by atoms with Crippen LogP contribution in [0.25, 0.3) is 6.08 Å². The number of hydrogen-bond donors (Lipinski definition) is 1. The SMILES string of the molecule is CC(CO)N(C)S(=O)(=O)/C=C/c1ccccc1Cl. The van der Waals surface area contributed by atoms with E-state index in [9.17, 15) is 8.42 Å². The van der Waals surface area contributed by atoms with Crippen LogP contribution in [0.15, 0.2) is 29.7 Å². The van der Waals surface area contributed by atoms with Gasteiger partial charge in [-0.2, -0.15) is 4.31 Å². The number of nitrogens with zero attached hydrogens (tertiary/aromatic N) is 1. The third-order valence-corrected chi connectivity index (χ3v) is 4.60. The van der Waals surface area contributed by atoms with E-state index in [1.165, 1.54) is 13.1 Å². The molecule has 6 heteroatoms. The summed E-state index contributed by atoms with van der Waals surface area (Å²) in [5.74, 6) is 0. The molecule has 18 heavy (non-hydrogen) atoms. The summed E-state index contributed by atoms with van der Waals surface area (Å²) in [5, 5.41) is 10.5. The number of halogens is 1. The molecule has 0 fully saturated rings. The minimum atomic E-state index is -3.55. The van der Waals surface area contributed by atoms with Gasteiger partial charge in [0.25, 0.3) is 0 Å². The third-order valence-electron chi connectivity index (χ3n) is 2.61. The number of aliphatic hydroxyl groups excluding tert-OH is 1. The number of rotatable bonds is 5. The molecule has 0 aliphatic rings. The standard InChI is InChI=1S/C12H16ClNO3S/c1-10(9-15)14(2)18(16,17)8-7-11-5-3-4-6-12(11)13/h3-8,10,15H,9H2,1-2H3/b8-7+. The van der Waals surface area contributed by atoms with Crippen LogP contribution in [-0.2, 0) is 10.0 Å². The molecule has 0 saturated heterocycles. The Labute approximate surface area is 113 Å². The van der Waals surface area contributed by atoms with E-state index in [-0.39, 0.29) is 6.61 Å². The van der Waals surface area contributed by atoms with Crippen molar-refractivity contribution in [1.29, 1.82) is 0 Å². The van der Waals surface area contributed by atoms with Crippen LogP contribution >= 0.6 is 11.6 Å². The Kier molecular flexibility index (Phi) is 5.34. The molecule has 4 nitrogen and oxygen atoms in total. The van der Waals surface area contributed by atoms with Gasteiger partial charge in [-0.3, -0.25) is 0 Å². The first-order valence-corrected chi connectivity index (χ1v) is 7.28. The molecule has 0 aromatic heterocycles. The van der Waals surface area contributed by atoms with Gasteiger partial charge in [0.15, 0.2) is 0 Å². The van der Waals surface area contributed by atoms with Crippen molar-refractivity contribution in [1.82, 2.24) is 4.31 Å². The van der Waals surface area contributed by atoms with Crippen LogP contribution in [0.3, 0.4) is 0 Å². The molecular weight excluding hydrogens is 274 g/mol. The van der Waals surface area contributed by atoms with E-state index < -0.39 is 16.1 Å². The summed E-state index contributed by atoms with van der Waals surface area (Å²) in [5.41, 5.74) is 0.632. The van der Waals surface area contributed by atoms with Crippen LogP contribution in [0.5, 0.6) is 0 Å². The molecule has 0 saturated carbocycles. The second-order valence-corrected chi connectivity index (χ2v) is 6.20. The third kappa shape index (κ3) is 3.81. The highest BCUT2D eigenvalue weighted by Gasteiger charge is 2.19. The monoisotopic (exact) mass is 289 g/mol. The lowest BCUT2D eigenvalue weighted by atomic mass is 10.2. The molecule has 0 aliphatic heterocycles. The molecule has 1 aromatic rings. The maximum Gasteiger partial charge on any atom is 0.236 e. The Hall–Kier alpha value is -0.880. The summed E-state index contributed by atoms with van der Waals surface area (Å²) < 4.78 is 24.9. The number of benzene rings is 1. The first-order valence-electron chi connectivity index (χ1n) is 5.40. The average molecular weight is 290 g/mol. The van der Waals surface area contributed by atoms with Gasteiger partial charge in [0.2, 0.25) is 10.0 Å². The first-order chi connectivity index (χ1) is 8.38. The Morgan fingerprint density at radius 1 is 1.44 bits per heavy atom. The van der Waals surface area contributed by atoms with E-state index in [1.54, 1.807) is 31.2 Å². The summed E-state index contributed by atoms with van der Waals surface area (Å²) in [6.07, 6.45) is 1.44. The highest BCUT2D eigenvalue weighted by atomic mass is 35.5. The van der Waals surface area contributed by atoms with Gasteiger partial charge >= 0.3 is 0 Å². The second-order valence-electron chi connectivity index (χ2n) is 3.92. The van der Waals surface area contributed by atoms with Crippen molar-refractivity contribution in [3.05, 3.63) is 40.3 Å². The molecule has 1 N–H and O–H groups in total. The zero-order valence-electron chi connectivity index (χ0n) is 10.2. The zero-order chi connectivity index (χ0) is 13.8. The summed E-state index contributed by atoms with van der Waals surface area (Å²) in [6, 6.07) is 6.50. The molecule has 0 bridgehead atoms. The van der Waals surface area contributed by atoms with Crippen LogP contribution in [-0.4, -0.2) is 37.5 Å². The highest BCUT2D eigenvalue weighted by molar-refractivity contribution is 7.92. The molecule has 100 valence electrons. The smallest absolute Gasteiger partial charge is 0.236 e. The van der Waals surface area contributed by atoms with E-state index in [0.29, 0.717) is 10.6 Å². The minimum absolute atomic E-state index is 0.227. The van der Waals surface area contributed by atoms with Crippen LogP contribution in [0.4, 0.5) is 0 Å². The van der Waals surface area contributed by atoms with Gasteiger partial charge in [-0.25, -0.2) is 8.42 Å². The number of hydrogen-bond acceptors (Lipinski definition) is 3. The molecule has 0 radical (unpaired) electrons. The molecule has 0 amide bonds. The van der Waals surface area contributed by atoms with Crippen molar-refractivity contribution < 1.29 is 13.5 Å². The van der Waals surface area contributed by atoms with Gasteiger partial charge in [-0.05, 0) is 24.6 Å². The molecule has 1 atom stereocenters.